The van der Waals surface area contributed by atoms with Crippen molar-refractivity contribution < 1.29 is 33.0 Å². The number of halogens is 1. The van der Waals surface area contributed by atoms with Crippen LogP contribution in [0.15, 0.2) is 65.2 Å². The molecule has 0 unspecified atom stereocenters. The van der Waals surface area contributed by atoms with Gasteiger partial charge in [0.2, 0.25) is 5.89 Å². The van der Waals surface area contributed by atoms with Gasteiger partial charge in [0.15, 0.2) is 11.4 Å². The number of oxazole rings is 1. The van der Waals surface area contributed by atoms with Crippen molar-refractivity contribution in [1.29, 1.82) is 0 Å². The molecular formula is C32H39FN2O5. The maximum atomic E-state index is 14.1. The van der Waals surface area contributed by atoms with E-state index in [1.807, 2.05) is 42.6 Å². The lowest BCUT2D eigenvalue weighted by Crippen LogP contribution is -2.63. The van der Waals surface area contributed by atoms with Crippen molar-refractivity contribution in [3.63, 3.8) is 0 Å². The summed E-state index contributed by atoms with van der Waals surface area (Å²) in [5.41, 5.74) is 0.274. The Morgan fingerprint density at radius 2 is 1.73 bits per heavy atom. The third-order valence-electron chi connectivity index (χ3n) is 9.23. The Kier molecular flexibility index (Phi) is 8.98. The number of rotatable bonds is 8. The van der Waals surface area contributed by atoms with Crippen molar-refractivity contribution in [2.75, 3.05) is 19.6 Å². The van der Waals surface area contributed by atoms with Crippen LogP contribution in [0.4, 0.5) is 4.39 Å². The Morgan fingerprint density at radius 3 is 2.42 bits per heavy atom. The number of hydrogen-bond acceptors (Lipinski definition) is 6. The first-order valence-electron chi connectivity index (χ1n) is 14.5. The summed E-state index contributed by atoms with van der Waals surface area (Å²) in [6, 6.07) is 16.8. The van der Waals surface area contributed by atoms with Crippen LogP contribution in [0.1, 0.15) is 67.7 Å². The van der Waals surface area contributed by atoms with Crippen LogP contribution >= 0.6 is 0 Å². The molecule has 2 bridgehead atoms. The van der Waals surface area contributed by atoms with Crippen LogP contribution in [0.2, 0.25) is 0 Å². The summed E-state index contributed by atoms with van der Waals surface area (Å²) in [4.78, 5) is 12.9. The number of quaternary nitrogens is 1. The van der Waals surface area contributed by atoms with Crippen molar-refractivity contribution in [3.8, 4) is 0 Å². The third kappa shape index (κ3) is 5.99. The van der Waals surface area contributed by atoms with E-state index in [4.69, 9.17) is 19.1 Å². The molecule has 214 valence electrons. The first-order chi connectivity index (χ1) is 19.5. The average molecular weight is 551 g/mol. The number of carbonyl (C=O) groups excluding carboxylic acids is 1. The lowest BCUT2D eigenvalue weighted by molar-refractivity contribution is -0.959. The molecule has 8 heteroatoms. The molecule has 3 aliphatic heterocycles. The van der Waals surface area contributed by atoms with E-state index in [0.717, 1.165) is 80.5 Å². The Labute approximate surface area is 235 Å². The number of aliphatic hydroxyl groups is 1. The second-order valence-corrected chi connectivity index (χ2v) is 11.6. The fourth-order valence-corrected chi connectivity index (χ4v) is 7.08. The molecular weight excluding hydrogens is 511 g/mol. The van der Waals surface area contributed by atoms with E-state index in [-0.39, 0.29) is 17.8 Å². The summed E-state index contributed by atoms with van der Waals surface area (Å²) in [6.07, 6.45) is 9.60. The molecule has 7 nitrogen and oxygen atoms in total. The summed E-state index contributed by atoms with van der Waals surface area (Å²) in [5, 5.41) is 20.4. The summed E-state index contributed by atoms with van der Waals surface area (Å²) in [6.45, 7) is 3.64. The zero-order valence-electron chi connectivity index (χ0n) is 22.9. The second kappa shape index (κ2) is 12.6. The van der Waals surface area contributed by atoms with Gasteiger partial charge in [-0.1, -0.05) is 67.8 Å². The summed E-state index contributed by atoms with van der Waals surface area (Å²) >= 11 is 0. The molecule has 4 fully saturated rings. The van der Waals surface area contributed by atoms with Crippen LogP contribution in [-0.2, 0) is 28.3 Å². The van der Waals surface area contributed by atoms with Crippen LogP contribution < -0.4 is 5.11 Å². The molecule has 2 atom stereocenters. The van der Waals surface area contributed by atoms with Crippen molar-refractivity contribution in [2.45, 2.75) is 69.8 Å². The molecule has 1 saturated carbocycles. The smallest absolute Gasteiger partial charge is 0.231 e. The zero-order chi connectivity index (χ0) is 28.0. The number of benzene rings is 2. The first-order valence-corrected chi connectivity index (χ1v) is 14.5. The molecule has 3 saturated heterocycles. The van der Waals surface area contributed by atoms with Crippen LogP contribution in [0, 0.1) is 17.7 Å². The molecule has 7 rings (SSSR count). The van der Waals surface area contributed by atoms with Gasteiger partial charge in [-0.25, -0.2) is 9.37 Å². The molecule has 4 heterocycles. The van der Waals surface area contributed by atoms with Gasteiger partial charge in [-0.05, 0) is 24.5 Å². The van der Waals surface area contributed by atoms with Gasteiger partial charge in [0.25, 0.3) is 0 Å². The van der Waals surface area contributed by atoms with Gasteiger partial charge in [-0.3, -0.25) is 0 Å². The summed E-state index contributed by atoms with van der Waals surface area (Å²) in [5.74, 6) is 1.69. The number of ether oxygens (including phenoxy) is 1. The van der Waals surface area contributed by atoms with E-state index in [9.17, 15) is 9.50 Å². The van der Waals surface area contributed by atoms with Gasteiger partial charge >= 0.3 is 0 Å². The molecule has 40 heavy (non-hydrogen) atoms. The number of carboxylic acid groups (broad SMARTS) is 1. The van der Waals surface area contributed by atoms with E-state index >= 15 is 0 Å². The van der Waals surface area contributed by atoms with E-state index in [0.29, 0.717) is 24.0 Å². The molecule has 0 spiro atoms. The number of nitrogens with zero attached hydrogens (tertiary/aromatic N) is 2. The van der Waals surface area contributed by atoms with Crippen LogP contribution in [-0.4, -0.2) is 46.8 Å². The first kappa shape index (κ1) is 28.5. The number of fused-ring (bicyclic) bond motifs is 3. The largest absolute Gasteiger partial charge is 0.554 e. The third-order valence-corrected chi connectivity index (χ3v) is 9.23. The normalized spacial score (nSPS) is 25.9. The van der Waals surface area contributed by atoms with E-state index in [2.05, 4.69) is 4.98 Å². The van der Waals surface area contributed by atoms with Gasteiger partial charge in [0.05, 0.1) is 25.9 Å². The predicted octanol–water partition coefficient (Wildman–Crippen LogP) is 4.32. The average Bonchev–Trinajstić information content (AvgIpc) is 3.46. The quantitative estimate of drug-likeness (QED) is 0.332. The zero-order valence-corrected chi connectivity index (χ0v) is 22.9. The highest BCUT2D eigenvalue weighted by Gasteiger charge is 2.48. The highest BCUT2D eigenvalue weighted by Crippen LogP contribution is 2.44. The molecule has 1 aromatic heterocycles. The Bertz CT molecular complexity index is 1240. The maximum absolute atomic E-state index is 14.1. The lowest BCUT2D eigenvalue weighted by atomic mass is 9.73. The van der Waals surface area contributed by atoms with E-state index in [1.54, 1.807) is 12.1 Å². The minimum Gasteiger partial charge on any atom is -0.554 e. The number of carbonyl (C=O) groups is 1. The lowest BCUT2D eigenvalue weighted by Gasteiger charge is -2.52. The molecule has 2 aromatic carbocycles. The van der Waals surface area contributed by atoms with Crippen molar-refractivity contribution >= 4 is 6.47 Å². The fourth-order valence-electron chi connectivity index (χ4n) is 7.08. The van der Waals surface area contributed by atoms with E-state index in [1.165, 1.54) is 12.5 Å². The second-order valence-electron chi connectivity index (χ2n) is 11.6. The Morgan fingerprint density at radius 1 is 1.05 bits per heavy atom. The molecule has 0 amide bonds. The number of piperidine rings is 3. The monoisotopic (exact) mass is 550 g/mol. The highest BCUT2D eigenvalue weighted by molar-refractivity contribution is 5.30. The van der Waals surface area contributed by atoms with Crippen molar-refractivity contribution in [2.24, 2.45) is 11.8 Å². The fraction of sp³-hybridized carbons (Fsp3) is 0.500. The molecule has 1 N–H and O–H groups in total. The van der Waals surface area contributed by atoms with Crippen LogP contribution in [0.5, 0.6) is 0 Å². The summed E-state index contributed by atoms with van der Waals surface area (Å²) in [7, 11) is 0. The van der Waals surface area contributed by atoms with Crippen molar-refractivity contribution in [1.82, 2.24) is 4.98 Å². The van der Waals surface area contributed by atoms with Gasteiger partial charge in [0.1, 0.15) is 25.0 Å². The topological polar surface area (TPSA) is 95.6 Å². The Hall–Kier alpha value is -3.07. The molecule has 1 aliphatic carbocycles. The SMILES string of the molecule is O=C[O-].O[C@](c1ccccc1)(c1ncc(C[N+]23CCC(CC2)[C@@H](OCc2ccccc2F)C3)o1)C1CCCCC1. The number of hydrogen-bond donors (Lipinski definition) is 1. The van der Waals surface area contributed by atoms with Gasteiger partial charge in [-0.15, -0.1) is 0 Å². The number of aromatic nitrogens is 1. The maximum Gasteiger partial charge on any atom is 0.231 e. The van der Waals surface area contributed by atoms with Gasteiger partial charge in [0, 0.05) is 36.7 Å². The minimum atomic E-state index is -1.21. The van der Waals surface area contributed by atoms with Crippen LogP contribution in [0.3, 0.4) is 0 Å². The van der Waals surface area contributed by atoms with Gasteiger partial charge in [-0.2, -0.15) is 0 Å². The molecule has 4 aliphatic rings. The molecule has 0 radical (unpaired) electrons. The minimum absolute atomic E-state index is 0.101. The van der Waals surface area contributed by atoms with Gasteiger partial charge < -0.3 is 28.6 Å². The predicted molar refractivity (Wildman–Crippen MR) is 145 cm³/mol. The van der Waals surface area contributed by atoms with Crippen molar-refractivity contribution in [3.05, 3.63) is 89.4 Å². The standard InChI is InChI=1S/C31H38FN2O3.CH2O2/c32-28-14-8-7-9-24(28)22-36-29-21-34(17-15-23(29)16-18-34)20-27-19-33-30(37-27)31(35,25-10-3-1-4-11-25)26-12-5-2-6-13-26;2-1-3/h1,3-4,7-11,14,19,23,26,29,35H,2,5-6,12-13,15-18,20-22H2;1H,(H,2,3)/q+1;/p-1/t23?,29-,31-,34?;/m0./s1. The highest BCUT2D eigenvalue weighted by atomic mass is 19.1. The summed E-state index contributed by atoms with van der Waals surface area (Å²) < 4.78 is 27.7. The molecule has 3 aromatic rings. The van der Waals surface area contributed by atoms with E-state index < -0.39 is 12.1 Å². The Balaban J connectivity index is 0.00000103. The van der Waals surface area contributed by atoms with Crippen LogP contribution in [0.25, 0.3) is 0 Å².